The van der Waals surface area contributed by atoms with Crippen molar-refractivity contribution < 1.29 is 32.4 Å². The van der Waals surface area contributed by atoms with Crippen LogP contribution >= 0.6 is 0 Å². The number of rotatable bonds is 1. The molecule has 0 aromatic carbocycles. The highest BCUT2D eigenvalue weighted by atomic mass is 35.5. The third kappa shape index (κ3) is 2.65. The number of methoxy groups -OCH3 is 1. The van der Waals surface area contributed by atoms with Crippen LogP contribution in [0, 0.1) is 0 Å². The summed E-state index contributed by atoms with van der Waals surface area (Å²) in [5.74, 6) is -0.239. The first-order chi connectivity index (χ1) is 4.74. The summed E-state index contributed by atoms with van der Waals surface area (Å²) in [6.45, 7) is 0.611. The number of quaternary nitrogens is 1. The lowest BCUT2D eigenvalue weighted by atomic mass is 10.2. The van der Waals surface area contributed by atoms with Crippen molar-refractivity contribution in [2.75, 3.05) is 13.7 Å². The molecule has 0 saturated carbocycles. The number of aliphatic hydroxyl groups excluding tert-OH is 1. The van der Waals surface area contributed by atoms with E-state index in [9.17, 15) is 4.79 Å². The Labute approximate surface area is 71.3 Å². The summed E-state index contributed by atoms with van der Waals surface area (Å²) in [6, 6.07) is -0.181. The molecule has 0 unspecified atom stereocenters. The summed E-state index contributed by atoms with van der Waals surface area (Å²) in [5, 5.41) is 10.8. The third-order valence-electron chi connectivity index (χ3n) is 1.72. The highest BCUT2D eigenvalue weighted by Crippen LogP contribution is 1.99. The third-order valence-corrected chi connectivity index (χ3v) is 1.72. The number of aliphatic hydroxyl groups is 1. The van der Waals surface area contributed by atoms with Crippen LogP contribution in [0.5, 0.6) is 0 Å². The number of halogens is 1. The fourth-order valence-electron chi connectivity index (χ4n) is 1.15. The van der Waals surface area contributed by atoms with Gasteiger partial charge in [0.25, 0.3) is 0 Å². The average molecular weight is 182 g/mol. The summed E-state index contributed by atoms with van der Waals surface area (Å²) < 4.78 is 4.50. The second-order valence-corrected chi connectivity index (χ2v) is 2.49. The van der Waals surface area contributed by atoms with Crippen molar-refractivity contribution in [2.24, 2.45) is 0 Å². The maximum atomic E-state index is 10.8. The normalized spacial score (nSPS) is 29.3. The standard InChI is InChI=1S/C6H11NO3.ClH/c1-10-6(9)5-2-4(8)3-7-5;/h4-5,7-8H,2-3H2,1H3;1H/t4-,5+;/m1./s1. The monoisotopic (exact) mass is 181 g/mol. The number of ether oxygens (including phenoxy) is 1. The van der Waals surface area contributed by atoms with Crippen LogP contribution in [-0.2, 0) is 9.53 Å². The van der Waals surface area contributed by atoms with E-state index in [1.165, 1.54) is 7.11 Å². The Kier molecular flexibility index (Phi) is 4.40. The molecule has 66 valence electrons. The molecule has 1 aliphatic heterocycles. The molecule has 0 spiro atoms. The Hall–Kier alpha value is -0.320. The average Bonchev–Trinajstić information content (AvgIpc) is 2.34. The molecule has 1 aliphatic rings. The second kappa shape index (κ2) is 4.54. The van der Waals surface area contributed by atoms with Crippen molar-refractivity contribution in [3.05, 3.63) is 0 Å². The number of carbonyl (C=O) groups excluding carboxylic acids is 1. The number of hydrogen-bond donors (Lipinski definition) is 2. The molecule has 0 amide bonds. The predicted molar refractivity (Wildman–Crippen MR) is 33.2 cm³/mol. The smallest absolute Gasteiger partial charge is 0.364 e. The Balaban J connectivity index is 0.000001000. The first kappa shape index (κ1) is 10.7. The molecule has 0 bridgehead atoms. The lowest BCUT2D eigenvalue weighted by Gasteiger charge is -2.01. The second-order valence-electron chi connectivity index (χ2n) is 2.49. The van der Waals surface area contributed by atoms with Gasteiger partial charge in [0.15, 0.2) is 6.04 Å². The van der Waals surface area contributed by atoms with Crippen LogP contribution in [0.25, 0.3) is 0 Å². The minimum absolute atomic E-state index is 0. The van der Waals surface area contributed by atoms with Gasteiger partial charge in [-0.1, -0.05) is 0 Å². The summed E-state index contributed by atoms with van der Waals surface area (Å²) in [5.41, 5.74) is 0. The van der Waals surface area contributed by atoms with Crippen LogP contribution in [0.2, 0.25) is 0 Å². The zero-order chi connectivity index (χ0) is 7.56. The van der Waals surface area contributed by atoms with Crippen molar-refractivity contribution >= 4 is 5.97 Å². The predicted octanol–water partition coefficient (Wildman–Crippen LogP) is -5.14. The van der Waals surface area contributed by atoms with Crippen molar-refractivity contribution in [1.29, 1.82) is 0 Å². The van der Waals surface area contributed by atoms with Crippen molar-refractivity contribution in [3.63, 3.8) is 0 Å². The van der Waals surface area contributed by atoms with Crippen LogP contribution in [0.1, 0.15) is 6.42 Å². The SMILES string of the molecule is COC(=O)[C@@H]1C[C@@H](O)C[NH2+]1.[Cl-]. The summed E-state index contributed by atoms with van der Waals surface area (Å²) >= 11 is 0. The molecule has 1 saturated heterocycles. The molecular weight excluding hydrogens is 170 g/mol. The first-order valence-electron chi connectivity index (χ1n) is 3.33. The van der Waals surface area contributed by atoms with Gasteiger partial charge in [-0.05, 0) is 0 Å². The quantitative estimate of drug-likeness (QED) is 0.398. The van der Waals surface area contributed by atoms with Gasteiger partial charge in [-0.15, -0.1) is 0 Å². The van der Waals surface area contributed by atoms with E-state index in [0.29, 0.717) is 13.0 Å². The minimum atomic E-state index is -0.343. The van der Waals surface area contributed by atoms with Crippen molar-refractivity contribution in [1.82, 2.24) is 0 Å². The lowest BCUT2D eigenvalue weighted by Crippen LogP contribution is -3.00. The maximum absolute atomic E-state index is 10.8. The molecule has 0 radical (unpaired) electrons. The van der Waals surface area contributed by atoms with E-state index >= 15 is 0 Å². The zero-order valence-electron chi connectivity index (χ0n) is 6.29. The Morgan fingerprint density at radius 1 is 1.73 bits per heavy atom. The van der Waals surface area contributed by atoms with Gasteiger partial charge in [-0.2, -0.15) is 0 Å². The van der Waals surface area contributed by atoms with E-state index in [-0.39, 0.29) is 30.5 Å². The van der Waals surface area contributed by atoms with Gasteiger partial charge in [-0.3, -0.25) is 0 Å². The molecular formula is C6H12ClNO3. The fraction of sp³-hybridized carbons (Fsp3) is 0.833. The lowest BCUT2D eigenvalue weighted by molar-refractivity contribution is -0.661. The maximum Gasteiger partial charge on any atom is 0.364 e. The van der Waals surface area contributed by atoms with Gasteiger partial charge in [0, 0.05) is 6.42 Å². The number of esters is 1. The van der Waals surface area contributed by atoms with Crippen LogP contribution in [0.3, 0.4) is 0 Å². The van der Waals surface area contributed by atoms with Crippen LogP contribution in [-0.4, -0.2) is 36.9 Å². The highest BCUT2D eigenvalue weighted by Gasteiger charge is 2.32. The van der Waals surface area contributed by atoms with Gasteiger partial charge in [0.05, 0.1) is 7.11 Å². The van der Waals surface area contributed by atoms with E-state index in [1.54, 1.807) is 5.32 Å². The number of hydrogen-bond acceptors (Lipinski definition) is 3. The van der Waals surface area contributed by atoms with E-state index in [2.05, 4.69) is 4.74 Å². The minimum Gasteiger partial charge on any atom is -1.00 e. The fourth-order valence-corrected chi connectivity index (χ4v) is 1.15. The Morgan fingerprint density at radius 2 is 2.36 bits per heavy atom. The van der Waals surface area contributed by atoms with E-state index in [1.807, 2.05) is 0 Å². The van der Waals surface area contributed by atoms with Gasteiger partial charge >= 0.3 is 5.97 Å². The largest absolute Gasteiger partial charge is 1.00 e. The molecule has 0 aromatic rings. The summed E-state index contributed by atoms with van der Waals surface area (Å²) in [6.07, 6.45) is 0.177. The van der Waals surface area contributed by atoms with E-state index < -0.39 is 0 Å². The summed E-state index contributed by atoms with van der Waals surface area (Å²) in [7, 11) is 1.36. The highest BCUT2D eigenvalue weighted by molar-refractivity contribution is 5.74. The molecule has 2 atom stereocenters. The topological polar surface area (TPSA) is 63.1 Å². The van der Waals surface area contributed by atoms with Gasteiger partial charge in [0.1, 0.15) is 12.6 Å². The molecule has 0 aromatic heterocycles. The molecule has 1 rings (SSSR count). The van der Waals surface area contributed by atoms with Crippen molar-refractivity contribution in [3.8, 4) is 0 Å². The van der Waals surface area contributed by atoms with Gasteiger partial charge in [-0.25, -0.2) is 4.79 Å². The Bertz CT molecular complexity index is 142. The zero-order valence-corrected chi connectivity index (χ0v) is 7.04. The molecule has 3 N–H and O–H groups in total. The molecule has 0 aliphatic carbocycles. The van der Waals surface area contributed by atoms with Gasteiger partial charge < -0.3 is 27.6 Å². The molecule has 11 heavy (non-hydrogen) atoms. The van der Waals surface area contributed by atoms with Crippen LogP contribution in [0.4, 0.5) is 0 Å². The van der Waals surface area contributed by atoms with E-state index in [0.717, 1.165) is 0 Å². The molecule has 1 fully saturated rings. The number of nitrogens with two attached hydrogens (primary N) is 1. The van der Waals surface area contributed by atoms with Crippen LogP contribution < -0.4 is 17.7 Å². The van der Waals surface area contributed by atoms with Gasteiger partial charge in [0.2, 0.25) is 0 Å². The molecule has 1 heterocycles. The summed E-state index contributed by atoms with van der Waals surface area (Å²) in [4.78, 5) is 10.8. The Morgan fingerprint density at radius 3 is 2.73 bits per heavy atom. The van der Waals surface area contributed by atoms with Crippen molar-refractivity contribution in [2.45, 2.75) is 18.6 Å². The molecule has 4 nitrogen and oxygen atoms in total. The van der Waals surface area contributed by atoms with Crippen LogP contribution in [0.15, 0.2) is 0 Å². The number of carbonyl (C=O) groups is 1. The first-order valence-corrected chi connectivity index (χ1v) is 3.33. The van der Waals surface area contributed by atoms with E-state index in [4.69, 9.17) is 5.11 Å². The molecule has 5 heteroatoms.